The molecule has 6 heteroatoms. The Hall–Kier alpha value is -2.37. The van der Waals surface area contributed by atoms with Crippen LogP contribution in [0.1, 0.15) is 5.56 Å². The van der Waals surface area contributed by atoms with E-state index in [0.717, 1.165) is 0 Å². The van der Waals surface area contributed by atoms with E-state index < -0.39 is 0 Å². The summed E-state index contributed by atoms with van der Waals surface area (Å²) in [7, 11) is 1.45. The van der Waals surface area contributed by atoms with Crippen LogP contribution in [0, 0.1) is 12.7 Å². The zero-order valence-corrected chi connectivity index (χ0v) is 9.98. The fraction of sp³-hybridized carbons (Fsp3) is 0.167. The van der Waals surface area contributed by atoms with Crippen molar-refractivity contribution < 1.29 is 13.9 Å². The van der Waals surface area contributed by atoms with Gasteiger partial charge in [0.1, 0.15) is 17.9 Å². The van der Waals surface area contributed by atoms with Crippen molar-refractivity contribution in [2.45, 2.75) is 6.92 Å². The van der Waals surface area contributed by atoms with Crippen molar-refractivity contribution in [3.8, 4) is 17.5 Å². The van der Waals surface area contributed by atoms with E-state index in [1.54, 1.807) is 6.92 Å². The van der Waals surface area contributed by atoms with E-state index >= 15 is 0 Å². The number of aromatic nitrogens is 2. The van der Waals surface area contributed by atoms with Gasteiger partial charge in [-0.15, -0.1) is 0 Å². The molecule has 0 unspecified atom stereocenters. The van der Waals surface area contributed by atoms with Crippen LogP contribution in [0.5, 0.6) is 17.5 Å². The van der Waals surface area contributed by atoms with Crippen LogP contribution in [0.25, 0.3) is 0 Å². The third-order valence-corrected chi connectivity index (χ3v) is 2.35. The summed E-state index contributed by atoms with van der Waals surface area (Å²) in [6.45, 7) is 1.73. The van der Waals surface area contributed by atoms with Crippen molar-refractivity contribution >= 4 is 5.69 Å². The summed E-state index contributed by atoms with van der Waals surface area (Å²) in [5.41, 5.74) is 6.62. The maximum absolute atomic E-state index is 13.0. The van der Waals surface area contributed by atoms with E-state index in [2.05, 4.69) is 9.97 Å². The minimum Gasteiger partial charge on any atom is -0.479 e. The summed E-state index contributed by atoms with van der Waals surface area (Å²) in [6, 6.07) is 4.18. The second-order valence-corrected chi connectivity index (χ2v) is 3.61. The number of benzene rings is 1. The van der Waals surface area contributed by atoms with E-state index in [1.165, 1.54) is 31.6 Å². The smallest absolute Gasteiger partial charge is 0.249 e. The lowest BCUT2D eigenvalue weighted by atomic mass is 10.2. The Morgan fingerprint density at radius 2 is 1.94 bits per heavy atom. The number of rotatable bonds is 3. The SMILES string of the molecule is COc1ncnc(Oc2ccc(F)cc2C)c1N. The highest BCUT2D eigenvalue weighted by Crippen LogP contribution is 2.31. The van der Waals surface area contributed by atoms with Crippen molar-refractivity contribution in [3.63, 3.8) is 0 Å². The summed E-state index contributed by atoms with van der Waals surface area (Å²) in [5, 5.41) is 0. The lowest BCUT2D eigenvalue weighted by molar-refractivity contribution is 0.391. The van der Waals surface area contributed by atoms with E-state index in [-0.39, 0.29) is 23.3 Å². The minimum absolute atomic E-state index is 0.177. The summed E-state index contributed by atoms with van der Waals surface area (Å²) in [5.74, 6) is 0.563. The predicted octanol–water partition coefficient (Wildman–Crippen LogP) is 2.31. The Balaban J connectivity index is 2.34. The van der Waals surface area contributed by atoms with E-state index in [1.807, 2.05) is 0 Å². The van der Waals surface area contributed by atoms with Crippen LogP contribution >= 0.6 is 0 Å². The molecule has 0 spiro atoms. The molecule has 1 aromatic carbocycles. The van der Waals surface area contributed by atoms with Crippen LogP contribution in [0.2, 0.25) is 0 Å². The molecule has 2 N–H and O–H groups in total. The monoisotopic (exact) mass is 249 g/mol. The van der Waals surface area contributed by atoms with Crippen molar-refractivity contribution in [3.05, 3.63) is 35.9 Å². The van der Waals surface area contributed by atoms with Crippen LogP contribution in [0.4, 0.5) is 10.1 Å². The van der Waals surface area contributed by atoms with Gasteiger partial charge < -0.3 is 15.2 Å². The molecule has 2 aromatic rings. The molecular weight excluding hydrogens is 237 g/mol. The molecule has 0 aliphatic rings. The lowest BCUT2D eigenvalue weighted by Crippen LogP contribution is -2.01. The number of nitrogens with zero attached hydrogens (tertiary/aromatic N) is 2. The molecule has 2 rings (SSSR count). The molecule has 0 aliphatic carbocycles. The molecule has 18 heavy (non-hydrogen) atoms. The molecule has 0 atom stereocenters. The molecule has 0 aliphatic heterocycles. The topological polar surface area (TPSA) is 70.3 Å². The quantitative estimate of drug-likeness (QED) is 0.903. The van der Waals surface area contributed by atoms with Crippen molar-refractivity contribution in [1.82, 2.24) is 9.97 Å². The fourth-order valence-corrected chi connectivity index (χ4v) is 1.44. The second-order valence-electron chi connectivity index (χ2n) is 3.61. The zero-order valence-electron chi connectivity index (χ0n) is 9.98. The van der Waals surface area contributed by atoms with Gasteiger partial charge in [0.15, 0.2) is 5.69 Å². The summed E-state index contributed by atoms with van der Waals surface area (Å²) >= 11 is 0. The zero-order chi connectivity index (χ0) is 13.1. The van der Waals surface area contributed by atoms with Gasteiger partial charge in [0.25, 0.3) is 0 Å². The van der Waals surface area contributed by atoms with Crippen molar-refractivity contribution in [2.24, 2.45) is 0 Å². The van der Waals surface area contributed by atoms with E-state index in [9.17, 15) is 4.39 Å². The highest BCUT2D eigenvalue weighted by Gasteiger charge is 2.11. The maximum Gasteiger partial charge on any atom is 0.249 e. The molecule has 0 bridgehead atoms. The van der Waals surface area contributed by atoms with Gasteiger partial charge in [-0.3, -0.25) is 0 Å². The molecule has 0 saturated carbocycles. The number of aryl methyl sites for hydroxylation is 1. The highest BCUT2D eigenvalue weighted by atomic mass is 19.1. The van der Waals surface area contributed by atoms with Crippen LogP contribution in [-0.4, -0.2) is 17.1 Å². The van der Waals surface area contributed by atoms with E-state index in [4.69, 9.17) is 15.2 Å². The second kappa shape index (κ2) is 4.87. The number of anilines is 1. The van der Waals surface area contributed by atoms with Gasteiger partial charge in [-0.25, -0.2) is 4.39 Å². The van der Waals surface area contributed by atoms with Gasteiger partial charge in [0.05, 0.1) is 7.11 Å². The van der Waals surface area contributed by atoms with Crippen LogP contribution in [0.3, 0.4) is 0 Å². The van der Waals surface area contributed by atoms with Gasteiger partial charge in [-0.05, 0) is 30.7 Å². The average Bonchev–Trinajstić information content (AvgIpc) is 2.35. The van der Waals surface area contributed by atoms with Crippen molar-refractivity contribution in [1.29, 1.82) is 0 Å². The first-order valence-electron chi connectivity index (χ1n) is 5.20. The molecule has 0 fully saturated rings. The molecular formula is C12H12FN3O2. The number of methoxy groups -OCH3 is 1. The molecule has 0 saturated heterocycles. The van der Waals surface area contributed by atoms with Gasteiger partial charge in [-0.2, -0.15) is 9.97 Å². The van der Waals surface area contributed by atoms with Gasteiger partial charge >= 0.3 is 0 Å². The standard InChI is InChI=1S/C12H12FN3O2/c1-7-5-8(13)3-4-9(7)18-12-10(14)11(17-2)15-6-16-12/h3-6H,14H2,1-2H3. The van der Waals surface area contributed by atoms with Gasteiger partial charge in [0, 0.05) is 0 Å². The molecule has 1 aromatic heterocycles. The Morgan fingerprint density at radius 3 is 2.61 bits per heavy atom. The van der Waals surface area contributed by atoms with Gasteiger partial charge in [-0.1, -0.05) is 0 Å². The summed E-state index contributed by atoms with van der Waals surface area (Å²) < 4.78 is 23.4. The highest BCUT2D eigenvalue weighted by molar-refractivity contribution is 5.57. The predicted molar refractivity (Wildman–Crippen MR) is 64.2 cm³/mol. The van der Waals surface area contributed by atoms with Gasteiger partial charge in [0.2, 0.25) is 11.8 Å². The third kappa shape index (κ3) is 2.32. The maximum atomic E-state index is 13.0. The largest absolute Gasteiger partial charge is 0.479 e. The molecule has 1 heterocycles. The van der Waals surface area contributed by atoms with Crippen molar-refractivity contribution in [2.75, 3.05) is 12.8 Å². The Kier molecular flexibility index (Phi) is 3.27. The lowest BCUT2D eigenvalue weighted by Gasteiger charge is -2.10. The number of hydrogen-bond acceptors (Lipinski definition) is 5. The Labute approximate surface area is 103 Å². The van der Waals surface area contributed by atoms with Crippen LogP contribution in [-0.2, 0) is 0 Å². The third-order valence-electron chi connectivity index (χ3n) is 2.35. The van der Waals surface area contributed by atoms with E-state index in [0.29, 0.717) is 11.3 Å². The summed E-state index contributed by atoms with van der Waals surface area (Å²) in [4.78, 5) is 7.75. The fourth-order valence-electron chi connectivity index (χ4n) is 1.44. The first-order valence-corrected chi connectivity index (χ1v) is 5.20. The number of halogens is 1. The summed E-state index contributed by atoms with van der Waals surface area (Å²) in [6.07, 6.45) is 1.28. The molecule has 0 radical (unpaired) electrons. The number of hydrogen-bond donors (Lipinski definition) is 1. The van der Waals surface area contributed by atoms with Crippen LogP contribution in [0.15, 0.2) is 24.5 Å². The molecule has 0 amide bonds. The first-order chi connectivity index (χ1) is 8.61. The first kappa shape index (κ1) is 12.1. The Bertz CT molecular complexity index is 575. The molecule has 94 valence electrons. The van der Waals surface area contributed by atoms with Crippen LogP contribution < -0.4 is 15.2 Å². The average molecular weight is 249 g/mol. The Morgan fingerprint density at radius 1 is 1.22 bits per heavy atom. The molecule has 5 nitrogen and oxygen atoms in total. The minimum atomic E-state index is -0.326. The number of nitrogens with two attached hydrogens (primary N) is 1. The number of nitrogen functional groups attached to an aromatic ring is 1. The number of ether oxygens (including phenoxy) is 2. The normalized spacial score (nSPS) is 10.2.